The topological polar surface area (TPSA) is 92.3 Å². The van der Waals surface area contributed by atoms with Crippen molar-refractivity contribution in [3.63, 3.8) is 0 Å². The lowest BCUT2D eigenvalue weighted by Crippen LogP contribution is -2.53. The fourth-order valence-corrected chi connectivity index (χ4v) is 27.8. The van der Waals surface area contributed by atoms with Gasteiger partial charge in [-0.3, -0.25) is 0 Å². The Bertz CT molecular complexity index is 2540. The van der Waals surface area contributed by atoms with E-state index in [1.807, 2.05) is 0 Å². The molecule has 0 N–H and O–H groups in total. The minimum Gasteiger partial charge on any atom is -0.381 e. The predicted octanol–water partition coefficient (Wildman–Crippen LogP) is 32.2. The second-order valence-electron chi connectivity index (χ2n) is 46.3. The summed E-state index contributed by atoms with van der Waals surface area (Å²) in [6.07, 6.45) is 71.9. The van der Waals surface area contributed by atoms with Gasteiger partial charge < -0.3 is 47.4 Å². The third kappa shape index (κ3) is 35.1. The zero-order valence-electron chi connectivity index (χ0n) is 86.8. The SMILES string of the molecule is CCOC1C2CCC(C2)C1(C)C.CCOCC1(C(C)C)CCCC1.CCOCC1(C(C)C)CCCCC1.CCOCC1(C)C2CC3CC(C2)CC1C3.CCOCC1(C)CC2CCC1C2.CCOCC1(C)CCCC1.CCOCC1(C)CCCCC1.CCOCC1(C2CCCCC2)CCCC1.CCOCC1(CC)CCCC1.CCOCC1(CC)CCCCC1. The van der Waals surface area contributed by atoms with E-state index in [1.54, 1.807) is 6.42 Å². The molecule has 0 amide bonds. The lowest BCUT2D eigenvalue weighted by Gasteiger charge is -2.60. The minimum atomic E-state index is 0.457. The van der Waals surface area contributed by atoms with Crippen LogP contribution in [-0.2, 0) is 47.4 Å². The summed E-state index contributed by atoms with van der Waals surface area (Å²) in [5, 5.41) is 0. The molecule has 8 bridgehead atoms. The number of rotatable bonds is 34. The Balaban J connectivity index is 0.000000212. The molecule has 0 saturated heterocycles. The standard InChI is InChI=1S/C14H24O.C14H26O.C12H24O.2C11H20O.2C11H22O.2C10H20O.C9H18O/c1-3-15-9-14(2)12-5-10-4-11(7-12)8-13(14)6-10;1-2-15-12-14(10-6-7-11-14)13-8-4-3-5-9-13;1-4-13-10-12(11(2)3)8-6-5-7-9-12;1-4-12-10-8-5-6-9(7-8)11(10,2)3;1-3-12-8-11(2)7-9-4-5-10(11)6-9;1-4-12-9-11(10(2)3)7-5-6-8-11;1-3-11(10-12-4-2)8-6-5-7-9-11;1-3-11-9-10(2)7-5-4-6-8-10;1-3-10(9-11-4-2)7-5-6-8-10;1-3-10-8-9(2)6-4-5-7-9/h10-13H,3-9H2,1-2H3;13H,2-12H2,1H3;11H,4-10H2,1-3H3;8-10H,4-7H2,1-3H3;9-10H,3-8H2,1-2H3;10H,4-9H2,1-3H3;3-10H2,1-2H3;2*3-9H2,1-2H3;3-8H2,1-2H3. The first-order valence-electron chi connectivity index (χ1n) is 54.9. The Morgan fingerprint density at radius 2 is 0.602 bits per heavy atom. The van der Waals surface area contributed by atoms with Gasteiger partial charge in [0.1, 0.15) is 0 Å². The first kappa shape index (κ1) is 111. The normalized spacial score (nSPS) is 31.1. The molecule has 16 aliphatic carbocycles. The van der Waals surface area contributed by atoms with Gasteiger partial charge in [0.25, 0.3) is 0 Å². The quantitative estimate of drug-likeness (QED) is 0.0620. The lowest BCUT2D eigenvalue weighted by molar-refractivity contribution is -0.132. The van der Waals surface area contributed by atoms with Crippen LogP contribution in [0.25, 0.3) is 0 Å². The zero-order valence-corrected chi connectivity index (χ0v) is 86.8. The van der Waals surface area contributed by atoms with Gasteiger partial charge in [-0.1, -0.05) is 218 Å². The van der Waals surface area contributed by atoms with Gasteiger partial charge in [0.05, 0.1) is 65.6 Å². The van der Waals surface area contributed by atoms with Crippen LogP contribution in [-0.4, -0.2) is 132 Å². The summed E-state index contributed by atoms with van der Waals surface area (Å²) in [6.45, 7) is 67.1. The average Bonchev–Trinajstić information content (AvgIpc) is 1.33. The molecule has 123 heavy (non-hydrogen) atoms. The van der Waals surface area contributed by atoms with E-state index in [9.17, 15) is 0 Å². The van der Waals surface area contributed by atoms with Gasteiger partial charge in [-0.15, -0.1) is 0 Å². The van der Waals surface area contributed by atoms with E-state index in [4.69, 9.17) is 47.4 Å². The maximum atomic E-state index is 5.85. The van der Waals surface area contributed by atoms with Crippen LogP contribution in [0, 0.1) is 119 Å². The van der Waals surface area contributed by atoms with Crippen molar-refractivity contribution in [2.24, 2.45) is 119 Å². The molecule has 0 spiro atoms. The molecule has 0 radical (unpaired) electrons. The molecule has 16 rings (SSSR count). The molecule has 6 atom stereocenters. The molecule has 16 fully saturated rings. The van der Waals surface area contributed by atoms with E-state index in [0.29, 0.717) is 60.3 Å². The first-order chi connectivity index (χ1) is 59.1. The molecule has 728 valence electrons. The van der Waals surface area contributed by atoms with Gasteiger partial charge in [0.2, 0.25) is 0 Å². The third-order valence-electron chi connectivity index (χ3n) is 36.8. The highest BCUT2D eigenvalue weighted by molar-refractivity contribution is 5.06. The Hall–Kier alpha value is -0.400. The molecule has 16 saturated carbocycles. The van der Waals surface area contributed by atoms with Gasteiger partial charge in [0.15, 0.2) is 0 Å². The largest absolute Gasteiger partial charge is 0.381 e. The van der Waals surface area contributed by atoms with E-state index in [-0.39, 0.29) is 0 Å². The maximum absolute atomic E-state index is 5.85. The predicted molar refractivity (Wildman–Crippen MR) is 526 cm³/mol. The minimum absolute atomic E-state index is 0.457. The summed E-state index contributed by atoms with van der Waals surface area (Å²) in [7, 11) is 0. The molecule has 16 aliphatic rings. The van der Waals surface area contributed by atoms with Crippen LogP contribution in [0.2, 0.25) is 0 Å². The molecule has 0 aromatic heterocycles. The fourth-order valence-electron chi connectivity index (χ4n) is 27.8. The Kier molecular flexibility index (Phi) is 52.5. The lowest BCUT2D eigenvalue weighted by atomic mass is 9.46. The molecule has 0 aliphatic heterocycles. The number of ether oxygens (including phenoxy) is 10. The van der Waals surface area contributed by atoms with E-state index in [0.717, 1.165) is 191 Å². The summed E-state index contributed by atoms with van der Waals surface area (Å²) in [5.41, 5.74) is 5.30. The molecule has 10 heteroatoms. The molecule has 6 unspecified atom stereocenters. The highest BCUT2D eigenvalue weighted by atomic mass is 16.5. The summed E-state index contributed by atoms with van der Waals surface area (Å²) in [6, 6.07) is 0. The van der Waals surface area contributed by atoms with Crippen LogP contribution in [0.5, 0.6) is 0 Å². The molecule has 10 nitrogen and oxygen atoms in total. The highest BCUT2D eigenvalue weighted by Gasteiger charge is 2.56. The van der Waals surface area contributed by atoms with Crippen molar-refractivity contribution in [3.05, 3.63) is 0 Å². The van der Waals surface area contributed by atoms with Crippen molar-refractivity contribution in [1.29, 1.82) is 0 Å². The van der Waals surface area contributed by atoms with E-state index in [1.165, 1.54) is 315 Å². The summed E-state index contributed by atoms with van der Waals surface area (Å²) in [5.74, 6) is 10.5. The Morgan fingerprint density at radius 3 is 0.984 bits per heavy atom. The van der Waals surface area contributed by atoms with Gasteiger partial charge in [-0.25, -0.2) is 0 Å². The fraction of sp³-hybridized carbons (Fsp3) is 1.00. The third-order valence-corrected chi connectivity index (χ3v) is 36.8. The summed E-state index contributed by atoms with van der Waals surface area (Å²) in [4.78, 5) is 0. The second-order valence-corrected chi connectivity index (χ2v) is 46.3. The summed E-state index contributed by atoms with van der Waals surface area (Å²) < 4.78 is 56.2. The second kappa shape index (κ2) is 58.0. The van der Waals surface area contributed by atoms with Crippen LogP contribution in [0.4, 0.5) is 0 Å². The van der Waals surface area contributed by atoms with Crippen molar-refractivity contribution in [2.75, 3.05) is 126 Å². The van der Waals surface area contributed by atoms with Gasteiger partial charge in [-0.05, 0) is 375 Å². The van der Waals surface area contributed by atoms with Crippen LogP contribution in [0.3, 0.4) is 0 Å². The number of hydrogen-bond acceptors (Lipinski definition) is 10. The molecule has 0 aromatic carbocycles. The zero-order chi connectivity index (χ0) is 89.8. The van der Waals surface area contributed by atoms with Crippen LogP contribution in [0.15, 0.2) is 0 Å². The van der Waals surface area contributed by atoms with Crippen LogP contribution >= 0.6 is 0 Å². The molecule has 0 heterocycles. The van der Waals surface area contributed by atoms with E-state index >= 15 is 0 Å². The van der Waals surface area contributed by atoms with Crippen molar-refractivity contribution in [2.45, 2.75) is 479 Å². The Labute approximate surface area is 767 Å². The number of hydrogen-bond donors (Lipinski definition) is 0. The van der Waals surface area contributed by atoms with Crippen molar-refractivity contribution in [1.82, 2.24) is 0 Å². The summed E-state index contributed by atoms with van der Waals surface area (Å²) >= 11 is 0. The van der Waals surface area contributed by atoms with E-state index in [2.05, 4.69) is 152 Å². The number of fused-ring (bicyclic) bond motifs is 4. The Morgan fingerprint density at radius 1 is 0.260 bits per heavy atom. The monoisotopic (exact) mass is 1730 g/mol. The average molecular weight is 1730 g/mol. The molecule has 0 aromatic rings. The van der Waals surface area contributed by atoms with Crippen LogP contribution < -0.4 is 0 Å². The van der Waals surface area contributed by atoms with Gasteiger partial charge in [0, 0.05) is 66.1 Å². The smallest absolute Gasteiger partial charge is 0.0656 e. The highest BCUT2D eigenvalue weighted by Crippen LogP contribution is 2.63. The maximum Gasteiger partial charge on any atom is 0.0656 e. The molecular formula is C113H216O10. The van der Waals surface area contributed by atoms with Gasteiger partial charge in [-0.2, -0.15) is 0 Å². The van der Waals surface area contributed by atoms with Crippen molar-refractivity contribution >= 4 is 0 Å². The van der Waals surface area contributed by atoms with Gasteiger partial charge >= 0.3 is 0 Å². The van der Waals surface area contributed by atoms with Crippen molar-refractivity contribution in [3.8, 4) is 0 Å². The van der Waals surface area contributed by atoms with Crippen LogP contribution in [0.1, 0.15) is 473 Å². The molecular weight excluding hydrogens is 1520 g/mol. The van der Waals surface area contributed by atoms with Crippen molar-refractivity contribution < 1.29 is 47.4 Å². The van der Waals surface area contributed by atoms with E-state index < -0.39 is 0 Å². The first-order valence-corrected chi connectivity index (χ1v) is 54.9.